The maximum Gasteiger partial charge on any atom is 0.411 e. The topological polar surface area (TPSA) is 169 Å². The molecule has 13 nitrogen and oxygen atoms in total. The van der Waals surface area contributed by atoms with Gasteiger partial charge in [0.05, 0.1) is 6.33 Å². The molecule has 0 spiro atoms. The van der Waals surface area contributed by atoms with Crippen molar-refractivity contribution < 1.29 is 24.2 Å². The van der Waals surface area contributed by atoms with Gasteiger partial charge in [-0.15, -0.1) is 12.4 Å². The molecule has 14 heteroatoms. The maximum absolute atomic E-state index is 12.4. The molecule has 4 heterocycles. The van der Waals surface area contributed by atoms with Crippen LogP contribution in [0.5, 0.6) is 0 Å². The van der Waals surface area contributed by atoms with Gasteiger partial charge in [-0.3, -0.25) is 14.7 Å². The Bertz CT molecular complexity index is 993. The van der Waals surface area contributed by atoms with Crippen LogP contribution in [0, 0.1) is 5.92 Å². The van der Waals surface area contributed by atoms with Gasteiger partial charge in [0, 0.05) is 38.1 Å². The molecular weight excluding hydrogens is 444 g/mol. The Kier molecular flexibility index (Phi) is 7.30. The highest BCUT2D eigenvalue weighted by Crippen LogP contribution is 2.24. The number of aromatic nitrogens is 4. The lowest BCUT2D eigenvalue weighted by Crippen LogP contribution is -2.44. The van der Waals surface area contributed by atoms with Gasteiger partial charge in [-0.2, -0.15) is 0 Å². The number of halogens is 1. The molecule has 174 valence electrons. The first kappa shape index (κ1) is 23.5. The number of ether oxygens (including phenoxy) is 1. The summed E-state index contributed by atoms with van der Waals surface area (Å²) in [6.07, 6.45) is 2.74. The molecule has 2 aromatic rings. The van der Waals surface area contributed by atoms with Crippen molar-refractivity contribution >= 4 is 47.5 Å². The van der Waals surface area contributed by atoms with E-state index in [1.165, 1.54) is 11.2 Å². The smallest absolute Gasteiger partial charge is 0.411 e. The fourth-order valence-corrected chi connectivity index (χ4v) is 3.92. The minimum atomic E-state index is -1.38. The molecule has 32 heavy (non-hydrogen) atoms. The predicted octanol–water partition coefficient (Wildman–Crippen LogP) is 0.386. The van der Waals surface area contributed by atoms with Gasteiger partial charge in [0.25, 0.3) is 0 Å². The Morgan fingerprint density at radius 1 is 1.16 bits per heavy atom. The van der Waals surface area contributed by atoms with E-state index < -0.39 is 24.0 Å². The summed E-state index contributed by atoms with van der Waals surface area (Å²) in [7, 11) is 0. The number of carbonyl (C=O) groups excluding carboxylic acids is 2. The second-order valence-electron chi connectivity index (χ2n) is 7.67. The third-order valence-electron chi connectivity index (χ3n) is 5.59. The SMILES string of the molecule is Cl.NC1CCN(c2ncnc3c2ncn3COC(=O)N2CCC(C(=O)NC(=O)O)CC2)C1. The summed E-state index contributed by atoms with van der Waals surface area (Å²) < 4.78 is 7.02. The Morgan fingerprint density at radius 2 is 1.91 bits per heavy atom. The average molecular weight is 469 g/mol. The molecule has 2 aliphatic rings. The highest BCUT2D eigenvalue weighted by atomic mass is 35.5. The number of imide groups is 1. The van der Waals surface area contributed by atoms with Crippen molar-refractivity contribution in [2.24, 2.45) is 11.7 Å². The lowest BCUT2D eigenvalue weighted by atomic mass is 9.96. The quantitative estimate of drug-likeness (QED) is 0.570. The molecule has 1 atom stereocenters. The monoisotopic (exact) mass is 468 g/mol. The third-order valence-corrected chi connectivity index (χ3v) is 5.59. The Hall–Kier alpha value is -3.19. The largest absolute Gasteiger partial charge is 0.465 e. The lowest BCUT2D eigenvalue weighted by Gasteiger charge is -2.30. The summed E-state index contributed by atoms with van der Waals surface area (Å²) in [5.74, 6) is -0.267. The van der Waals surface area contributed by atoms with Crippen molar-refractivity contribution in [2.75, 3.05) is 31.1 Å². The van der Waals surface area contributed by atoms with Crippen molar-refractivity contribution in [3.05, 3.63) is 12.7 Å². The van der Waals surface area contributed by atoms with E-state index in [-0.39, 0.29) is 25.2 Å². The summed E-state index contributed by atoms with van der Waals surface area (Å²) >= 11 is 0. The van der Waals surface area contributed by atoms with Crippen molar-refractivity contribution in [3.8, 4) is 0 Å². The number of amides is 3. The zero-order valence-electron chi connectivity index (χ0n) is 17.2. The zero-order valence-corrected chi connectivity index (χ0v) is 18.0. The Labute approximate surface area is 189 Å². The second kappa shape index (κ2) is 9.96. The van der Waals surface area contributed by atoms with Crippen molar-refractivity contribution in [1.29, 1.82) is 0 Å². The van der Waals surface area contributed by atoms with E-state index in [9.17, 15) is 14.4 Å². The van der Waals surface area contributed by atoms with Gasteiger partial charge in [0.2, 0.25) is 5.91 Å². The van der Waals surface area contributed by atoms with Gasteiger partial charge in [0.1, 0.15) is 6.33 Å². The molecule has 4 N–H and O–H groups in total. The standard InChI is InChI=1S/C18H24N8O5.ClH/c19-12-3-6-25(7-12)14-13-15(21-8-20-14)26(9-22-13)10-31-18(30)24-4-1-11(2-5-24)16(27)23-17(28)29;/h8-9,11-12H,1-7,10,19H2,(H,23,27)(H,28,29);1H. The number of nitrogens with two attached hydrogens (primary N) is 1. The summed E-state index contributed by atoms with van der Waals surface area (Å²) in [5.41, 5.74) is 7.17. The first-order valence-electron chi connectivity index (χ1n) is 10.0. The van der Waals surface area contributed by atoms with Crippen LogP contribution >= 0.6 is 12.4 Å². The fourth-order valence-electron chi connectivity index (χ4n) is 3.92. The summed E-state index contributed by atoms with van der Waals surface area (Å²) in [6, 6.07) is 0.104. The molecule has 0 aliphatic carbocycles. The van der Waals surface area contributed by atoms with E-state index in [4.69, 9.17) is 15.6 Å². The highest BCUT2D eigenvalue weighted by molar-refractivity contribution is 5.92. The number of anilines is 1. The molecule has 0 saturated carbocycles. The summed E-state index contributed by atoms with van der Waals surface area (Å²) in [6.45, 7) is 2.06. The van der Waals surface area contributed by atoms with Gasteiger partial charge in [0.15, 0.2) is 23.7 Å². The summed E-state index contributed by atoms with van der Waals surface area (Å²) in [4.78, 5) is 51.3. The molecule has 2 fully saturated rings. The third kappa shape index (κ3) is 4.99. The summed E-state index contributed by atoms with van der Waals surface area (Å²) in [5, 5.41) is 10.5. The number of nitrogens with one attached hydrogen (secondary N) is 1. The molecule has 2 saturated heterocycles. The molecule has 2 aliphatic heterocycles. The number of fused-ring (bicyclic) bond motifs is 1. The number of carbonyl (C=O) groups is 3. The number of nitrogens with zero attached hydrogens (tertiary/aromatic N) is 6. The minimum Gasteiger partial charge on any atom is -0.465 e. The van der Waals surface area contributed by atoms with Crippen LogP contribution in [-0.4, -0.2) is 79.8 Å². The maximum atomic E-state index is 12.4. The number of hydrogen-bond donors (Lipinski definition) is 3. The minimum absolute atomic E-state index is 0. The van der Waals surface area contributed by atoms with E-state index in [1.807, 2.05) is 5.32 Å². The lowest BCUT2D eigenvalue weighted by molar-refractivity contribution is -0.125. The van der Waals surface area contributed by atoms with Crippen molar-refractivity contribution in [2.45, 2.75) is 32.0 Å². The normalized spacial score (nSPS) is 19.0. The number of likely N-dealkylation sites (tertiary alicyclic amines) is 1. The van der Waals surface area contributed by atoms with Crippen LogP contribution < -0.4 is 16.0 Å². The highest BCUT2D eigenvalue weighted by Gasteiger charge is 2.29. The first-order valence-corrected chi connectivity index (χ1v) is 10.0. The van der Waals surface area contributed by atoms with Crippen molar-refractivity contribution in [1.82, 2.24) is 29.7 Å². The van der Waals surface area contributed by atoms with Crippen LogP contribution in [0.4, 0.5) is 15.4 Å². The molecule has 0 aromatic carbocycles. The van der Waals surface area contributed by atoms with Crippen LogP contribution in [0.25, 0.3) is 11.2 Å². The van der Waals surface area contributed by atoms with Gasteiger partial charge in [-0.05, 0) is 19.3 Å². The molecule has 0 bridgehead atoms. The molecule has 0 radical (unpaired) electrons. The van der Waals surface area contributed by atoms with E-state index in [0.29, 0.717) is 49.5 Å². The van der Waals surface area contributed by atoms with Crippen LogP contribution in [0.3, 0.4) is 0 Å². The van der Waals surface area contributed by atoms with Crippen LogP contribution in [0.2, 0.25) is 0 Å². The van der Waals surface area contributed by atoms with Gasteiger partial charge in [-0.1, -0.05) is 0 Å². The zero-order chi connectivity index (χ0) is 22.0. The van der Waals surface area contributed by atoms with E-state index >= 15 is 0 Å². The van der Waals surface area contributed by atoms with Crippen molar-refractivity contribution in [3.63, 3.8) is 0 Å². The predicted molar refractivity (Wildman–Crippen MR) is 114 cm³/mol. The van der Waals surface area contributed by atoms with Crippen LogP contribution in [-0.2, 0) is 16.3 Å². The van der Waals surface area contributed by atoms with Crippen LogP contribution in [0.15, 0.2) is 12.7 Å². The van der Waals surface area contributed by atoms with E-state index in [1.54, 1.807) is 10.9 Å². The molecule has 2 aromatic heterocycles. The van der Waals surface area contributed by atoms with Crippen LogP contribution in [0.1, 0.15) is 19.3 Å². The molecule has 3 amide bonds. The molecule has 4 rings (SSSR count). The Morgan fingerprint density at radius 3 is 2.56 bits per heavy atom. The van der Waals surface area contributed by atoms with E-state index in [0.717, 1.165) is 13.0 Å². The van der Waals surface area contributed by atoms with E-state index in [2.05, 4.69) is 19.9 Å². The first-order chi connectivity index (χ1) is 14.9. The van der Waals surface area contributed by atoms with Gasteiger partial charge in [-0.25, -0.2) is 24.5 Å². The van der Waals surface area contributed by atoms with Gasteiger partial charge >= 0.3 is 12.2 Å². The number of imidazole rings is 1. The number of rotatable bonds is 4. The molecule has 1 unspecified atom stereocenters. The van der Waals surface area contributed by atoms with Gasteiger partial charge < -0.3 is 25.4 Å². The Balaban J connectivity index is 0.00000289. The number of hydrogen-bond acceptors (Lipinski definition) is 9. The second-order valence-corrected chi connectivity index (χ2v) is 7.67. The number of carboxylic acid groups (broad SMARTS) is 1. The average Bonchev–Trinajstić information content (AvgIpc) is 3.37. The fraction of sp³-hybridized carbons (Fsp3) is 0.556. The number of piperidine rings is 1. The molecular formula is C18H25ClN8O5.